The zero-order valence-corrected chi connectivity index (χ0v) is 10.8. The van der Waals surface area contributed by atoms with E-state index in [-0.39, 0.29) is 29.4 Å². The molecule has 2 N–H and O–H groups in total. The maximum atomic E-state index is 10.9. The first-order valence-electron chi connectivity index (χ1n) is 5.80. The SMILES string of the molecule is CCC(O)COc1cc([N+](=O)[O-])c(CO)cc1OC. The van der Waals surface area contributed by atoms with Gasteiger partial charge in [0, 0.05) is 0 Å². The molecule has 0 bridgehead atoms. The molecule has 0 saturated carbocycles. The zero-order valence-electron chi connectivity index (χ0n) is 10.8. The Morgan fingerprint density at radius 1 is 1.42 bits per heavy atom. The van der Waals surface area contributed by atoms with Crippen LogP contribution in [0.15, 0.2) is 12.1 Å². The molecule has 0 fully saturated rings. The Morgan fingerprint density at radius 2 is 2.11 bits per heavy atom. The minimum atomic E-state index is -0.652. The number of nitro benzene ring substituents is 1. The zero-order chi connectivity index (χ0) is 14.4. The third kappa shape index (κ3) is 3.80. The van der Waals surface area contributed by atoms with Crippen LogP contribution in [-0.2, 0) is 6.61 Å². The van der Waals surface area contributed by atoms with Crippen LogP contribution in [-0.4, -0.2) is 35.0 Å². The van der Waals surface area contributed by atoms with E-state index < -0.39 is 17.6 Å². The third-order valence-electron chi connectivity index (χ3n) is 2.63. The highest BCUT2D eigenvalue weighted by molar-refractivity contribution is 5.54. The van der Waals surface area contributed by atoms with Crippen LogP contribution in [0.25, 0.3) is 0 Å². The Balaban J connectivity index is 3.07. The molecule has 0 aliphatic heterocycles. The Bertz CT molecular complexity index is 448. The standard InChI is InChI=1S/C12H17NO6/c1-3-9(15)7-19-12-5-10(13(16)17)8(6-14)4-11(12)18-2/h4-5,9,14-15H,3,6-7H2,1-2H3. The van der Waals surface area contributed by atoms with E-state index >= 15 is 0 Å². The number of aliphatic hydroxyl groups excluding tert-OH is 2. The van der Waals surface area contributed by atoms with E-state index in [1.807, 2.05) is 0 Å². The number of ether oxygens (including phenoxy) is 2. The van der Waals surface area contributed by atoms with Crippen molar-refractivity contribution in [3.05, 3.63) is 27.8 Å². The van der Waals surface area contributed by atoms with Crippen LogP contribution in [0.3, 0.4) is 0 Å². The van der Waals surface area contributed by atoms with Crippen LogP contribution in [0.2, 0.25) is 0 Å². The van der Waals surface area contributed by atoms with Gasteiger partial charge in [-0.05, 0) is 12.5 Å². The minimum Gasteiger partial charge on any atom is -0.493 e. The lowest BCUT2D eigenvalue weighted by Crippen LogP contribution is -2.16. The van der Waals surface area contributed by atoms with Gasteiger partial charge < -0.3 is 19.7 Å². The van der Waals surface area contributed by atoms with Crippen LogP contribution < -0.4 is 9.47 Å². The first kappa shape index (κ1) is 15.2. The topological polar surface area (TPSA) is 102 Å². The second kappa shape index (κ2) is 6.91. The predicted molar refractivity (Wildman–Crippen MR) is 67.4 cm³/mol. The monoisotopic (exact) mass is 271 g/mol. The van der Waals surface area contributed by atoms with E-state index in [1.54, 1.807) is 6.92 Å². The average molecular weight is 271 g/mol. The van der Waals surface area contributed by atoms with Crippen LogP contribution in [0.1, 0.15) is 18.9 Å². The van der Waals surface area contributed by atoms with Crippen LogP contribution >= 0.6 is 0 Å². The largest absolute Gasteiger partial charge is 0.493 e. The normalized spacial score (nSPS) is 12.0. The summed E-state index contributed by atoms with van der Waals surface area (Å²) in [5.74, 6) is 0.442. The summed E-state index contributed by atoms with van der Waals surface area (Å²) in [6.07, 6.45) is -0.139. The van der Waals surface area contributed by atoms with Gasteiger partial charge in [0.1, 0.15) is 6.61 Å². The van der Waals surface area contributed by atoms with Crippen molar-refractivity contribution >= 4 is 5.69 Å². The summed E-state index contributed by atoms with van der Waals surface area (Å²) in [6.45, 7) is 1.34. The molecule has 106 valence electrons. The average Bonchev–Trinajstić information content (AvgIpc) is 2.43. The summed E-state index contributed by atoms with van der Waals surface area (Å²) < 4.78 is 10.4. The highest BCUT2D eigenvalue weighted by Gasteiger charge is 2.19. The highest BCUT2D eigenvalue weighted by Crippen LogP contribution is 2.34. The molecule has 1 aromatic carbocycles. The number of hydrogen-bond acceptors (Lipinski definition) is 6. The molecule has 0 aliphatic carbocycles. The molecule has 7 nitrogen and oxygen atoms in total. The van der Waals surface area contributed by atoms with E-state index in [9.17, 15) is 15.2 Å². The lowest BCUT2D eigenvalue weighted by atomic mass is 10.1. The minimum absolute atomic E-state index is 0.0164. The van der Waals surface area contributed by atoms with Gasteiger partial charge in [0.15, 0.2) is 11.5 Å². The fourth-order valence-corrected chi connectivity index (χ4v) is 1.46. The second-order valence-corrected chi connectivity index (χ2v) is 3.92. The molecule has 0 radical (unpaired) electrons. The van der Waals surface area contributed by atoms with Crippen LogP contribution in [0.5, 0.6) is 11.5 Å². The first-order chi connectivity index (χ1) is 9.03. The highest BCUT2D eigenvalue weighted by atomic mass is 16.6. The van der Waals surface area contributed by atoms with Gasteiger partial charge >= 0.3 is 0 Å². The van der Waals surface area contributed by atoms with Crippen LogP contribution in [0, 0.1) is 10.1 Å². The molecule has 1 unspecified atom stereocenters. The number of methoxy groups -OCH3 is 1. The maximum Gasteiger partial charge on any atom is 0.278 e. The van der Waals surface area contributed by atoms with E-state index in [2.05, 4.69) is 0 Å². The molecule has 0 amide bonds. The van der Waals surface area contributed by atoms with Gasteiger partial charge in [0.05, 0.1) is 36.4 Å². The van der Waals surface area contributed by atoms with Gasteiger partial charge in [0.25, 0.3) is 5.69 Å². The number of hydrogen-bond donors (Lipinski definition) is 2. The van der Waals surface area contributed by atoms with E-state index in [0.29, 0.717) is 6.42 Å². The van der Waals surface area contributed by atoms with Crippen molar-refractivity contribution in [3.8, 4) is 11.5 Å². The van der Waals surface area contributed by atoms with E-state index in [1.165, 1.54) is 19.2 Å². The van der Waals surface area contributed by atoms with Gasteiger partial charge in [-0.3, -0.25) is 10.1 Å². The Morgan fingerprint density at radius 3 is 2.58 bits per heavy atom. The van der Waals surface area contributed by atoms with Gasteiger partial charge in [-0.15, -0.1) is 0 Å². The van der Waals surface area contributed by atoms with Crippen LogP contribution in [0.4, 0.5) is 5.69 Å². The summed E-state index contributed by atoms with van der Waals surface area (Å²) in [4.78, 5) is 10.3. The number of nitro groups is 1. The number of aliphatic hydroxyl groups is 2. The van der Waals surface area contributed by atoms with Gasteiger partial charge in [-0.2, -0.15) is 0 Å². The lowest BCUT2D eigenvalue weighted by molar-refractivity contribution is -0.386. The molecule has 0 heterocycles. The van der Waals surface area contributed by atoms with Crippen molar-refractivity contribution in [2.45, 2.75) is 26.1 Å². The summed E-state index contributed by atoms with van der Waals surface area (Å²) >= 11 is 0. The number of benzene rings is 1. The molecule has 1 aromatic rings. The first-order valence-corrected chi connectivity index (χ1v) is 5.80. The smallest absolute Gasteiger partial charge is 0.278 e. The van der Waals surface area contributed by atoms with Crippen molar-refractivity contribution in [2.24, 2.45) is 0 Å². The summed E-state index contributed by atoms with van der Waals surface area (Å²) in [5.41, 5.74) is -0.102. The summed E-state index contributed by atoms with van der Waals surface area (Å²) in [5, 5.41) is 29.4. The fourth-order valence-electron chi connectivity index (χ4n) is 1.46. The van der Waals surface area contributed by atoms with Crippen molar-refractivity contribution in [3.63, 3.8) is 0 Å². The molecule has 0 saturated heterocycles. The molecule has 1 rings (SSSR count). The van der Waals surface area contributed by atoms with Gasteiger partial charge in [-0.1, -0.05) is 6.92 Å². The van der Waals surface area contributed by atoms with Gasteiger partial charge in [0.2, 0.25) is 0 Å². The molecule has 0 aromatic heterocycles. The summed E-state index contributed by atoms with van der Waals surface area (Å²) in [7, 11) is 1.39. The number of rotatable bonds is 7. The van der Waals surface area contributed by atoms with Crippen molar-refractivity contribution in [1.82, 2.24) is 0 Å². The Labute approximate surface area is 110 Å². The summed E-state index contributed by atoms with van der Waals surface area (Å²) in [6, 6.07) is 2.54. The van der Waals surface area contributed by atoms with Crippen molar-refractivity contribution in [1.29, 1.82) is 0 Å². The Kier molecular flexibility index (Phi) is 5.53. The molecule has 0 spiro atoms. The predicted octanol–water partition coefficient (Wildman–Crippen LogP) is 1.25. The van der Waals surface area contributed by atoms with Gasteiger partial charge in [-0.25, -0.2) is 0 Å². The van der Waals surface area contributed by atoms with E-state index in [0.717, 1.165) is 0 Å². The third-order valence-corrected chi connectivity index (χ3v) is 2.63. The molecule has 1 atom stereocenters. The maximum absolute atomic E-state index is 10.9. The quantitative estimate of drug-likeness (QED) is 0.571. The molecular weight excluding hydrogens is 254 g/mol. The molecule has 0 aliphatic rings. The molecular formula is C12H17NO6. The molecule has 7 heteroatoms. The van der Waals surface area contributed by atoms with Crippen molar-refractivity contribution < 1.29 is 24.6 Å². The molecule has 19 heavy (non-hydrogen) atoms. The second-order valence-electron chi connectivity index (χ2n) is 3.92. The van der Waals surface area contributed by atoms with E-state index in [4.69, 9.17) is 14.6 Å². The number of nitrogens with zero attached hydrogens (tertiary/aromatic N) is 1. The lowest BCUT2D eigenvalue weighted by Gasteiger charge is -2.14. The fraction of sp³-hybridized carbons (Fsp3) is 0.500. The van der Waals surface area contributed by atoms with Crippen molar-refractivity contribution in [2.75, 3.05) is 13.7 Å². The Hall–Kier alpha value is -1.86.